The lowest BCUT2D eigenvalue weighted by molar-refractivity contribution is -0.184. The summed E-state index contributed by atoms with van der Waals surface area (Å²) in [6.45, 7) is 3.95. The van der Waals surface area contributed by atoms with Gasteiger partial charge in [0.15, 0.2) is 12.4 Å². The van der Waals surface area contributed by atoms with Crippen molar-refractivity contribution in [3.63, 3.8) is 0 Å². The Balaban J connectivity index is 1.00. The number of rotatable bonds is 9. The summed E-state index contributed by atoms with van der Waals surface area (Å²) in [5.74, 6) is -1.16. The molecule has 1 heterocycles. The van der Waals surface area contributed by atoms with E-state index in [0.29, 0.717) is 25.8 Å². The predicted octanol–water partition coefficient (Wildman–Crippen LogP) is 3.95. The van der Waals surface area contributed by atoms with E-state index in [9.17, 15) is 29.4 Å². The molecule has 44 heavy (non-hydrogen) atoms. The standard InChI is InChI=1S/C35H44N2O7/c1-33-14-11-23(38)17-22(33)7-8-25-26-12-15-35(43,34(26,2)18-28(39)32(25)33)29(40)20-44-31(42)10-9-30(41)36-16-13-21-19-37-27-6-4-3-5-24(21)27/h3-6,17,19,25-26,28,32,37,39,43H,7-16,18,20H2,1-2H3,(H,36,41)/t25-,26-,28+,32+,33+,34+,35+/m1/s1. The van der Waals surface area contributed by atoms with Gasteiger partial charge >= 0.3 is 5.97 Å². The zero-order valence-corrected chi connectivity index (χ0v) is 25.7. The van der Waals surface area contributed by atoms with Crippen LogP contribution in [0.15, 0.2) is 42.1 Å². The molecule has 1 amide bonds. The van der Waals surface area contributed by atoms with Crippen molar-refractivity contribution in [1.82, 2.24) is 10.3 Å². The second kappa shape index (κ2) is 11.6. The Labute approximate surface area is 257 Å². The third-order valence-electron chi connectivity index (χ3n) is 11.8. The highest BCUT2D eigenvalue weighted by molar-refractivity contribution is 5.92. The van der Waals surface area contributed by atoms with Crippen LogP contribution in [0.3, 0.4) is 0 Å². The largest absolute Gasteiger partial charge is 0.458 e. The summed E-state index contributed by atoms with van der Waals surface area (Å²) in [6, 6.07) is 7.96. The molecule has 7 atom stereocenters. The number of Topliss-reactive ketones (excluding diaryl/α,β-unsaturated/α-hetero) is 1. The molecule has 1 aromatic heterocycles. The molecule has 9 heteroatoms. The predicted molar refractivity (Wildman–Crippen MR) is 163 cm³/mol. The van der Waals surface area contributed by atoms with Gasteiger partial charge in [0, 0.05) is 41.9 Å². The second-order valence-corrected chi connectivity index (χ2v) is 14.0. The zero-order valence-electron chi connectivity index (χ0n) is 25.7. The van der Waals surface area contributed by atoms with E-state index in [0.717, 1.165) is 41.3 Å². The maximum Gasteiger partial charge on any atom is 0.306 e. The number of ether oxygens (including phenoxy) is 1. The number of carbonyl (C=O) groups is 4. The van der Waals surface area contributed by atoms with Crippen LogP contribution in [0.25, 0.3) is 10.9 Å². The molecular formula is C35H44N2O7. The van der Waals surface area contributed by atoms with E-state index in [1.807, 2.05) is 37.4 Å². The van der Waals surface area contributed by atoms with E-state index in [4.69, 9.17) is 4.74 Å². The summed E-state index contributed by atoms with van der Waals surface area (Å²) in [4.78, 5) is 53.6. The summed E-state index contributed by atoms with van der Waals surface area (Å²) in [6.07, 6.45) is 7.47. The van der Waals surface area contributed by atoms with Crippen LogP contribution in [-0.2, 0) is 30.3 Å². The Kier molecular flexibility index (Phi) is 8.07. The third kappa shape index (κ3) is 5.11. The van der Waals surface area contributed by atoms with Crippen molar-refractivity contribution in [3.8, 4) is 0 Å². The molecule has 3 fully saturated rings. The van der Waals surface area contributed by atoms with Gasteiger partial charge < -0.3 is 25.3 Å². The zero-order chi connectivity index (χ0) is 31.3. The van der Waals surface area contributed by atoms with Crippen LogP contribution in [0, 0.1) is 28.6 Å². The van der Waals surface area contributed by atoms with Crippen LogP contribution in [0.5, 0.6) is 0 Å². The van der Waals surface area contributed by atoms with Gasteiger partial charge in [-0.2, -0.15) is 0 Å². The molecule has 0 saturated heterocycles. The first-order valence-electron chi connectivity index (χ1n) is 16.1. The van der Waals surface area contributed by atoms with Gasteiger partial charge in [-0.3, -0.25) is 19.2 Å². The molecule has 2 aromatic rings. The van der Waals surface area contributed by atoms with Gasteiger partial charge in [-0.1, -0.05) is 37.6 Å². The van der Waals surface area contributed by atoms with Gasteiger partial charge in [0.05, 0.1) is 12.5 Å². The number of fused-ring (bicyclic) bond motifs is 6. The number of hydrogen-bond donors (Lipinski definition) is 4. The van der Waals surface area contributed by atoms with E-state index in [1.165, 1.54) is 0 Å². The minimum absolute atomic E-state index is 0.0162. The van der Waals surface area contributed by atoms with E-state index in [-0.39, 0.29) is 60.5 Å². The van der Waals surface area contributed by atoms with Crippen LogP contribution >= 0.6 is 0 Å². The van der Waals surface area contributed by atoms with Gasteiger partial charge in [-0.25, -0.2) is 0 Å². The van der Waals surface area contributed by atoms with Gasteiger partial charge in [-0.15, -0.1) is 0 Å². The van der Waals surface area contributed by atoms with Gasteiger partial charge in [0.2, 0.25) is 11.7 Å². The molecule has 6 rings (SSSR count). The summed E-state index contributed by atoms with van der Waals surface area (Å²) in [5.41, 5.74) is 0.481. The van der Waals surface area contributed by atoms with Crippen LogP contribution in [-0.4, -0.2) is 63.5 Å². The van der Waals surface area contributed by atoms with Gasteiger partial charge in [0.25, 0.3) is 0 Å². The molecule has 0 radical (unpaired) electrons. The number of para-hydroxylation sites is 1. The van der Waals surface area contributed by atoms with Crippen molar-refractivity contribution in [2.24, 2.45) is 28.6 Å². The molecule has 0 aliphatic heterocycles. The highest BCUT2D eigenvalue weighted by Crippen LogP contribution is 2.67. The number of aliphatic hydroxyl groups is 2. The number of aliphatic hydroxyl groups excluding tert-OH is 1. The minimum atomic E-state index is -1.71. The number of amides is 1. The van der Waals surface area contributed by atoms with Crippen molar-refractivity contribution in [1.29, 1.82) is 0 Å². The molecule has 1 aromatic carbocycles. The number of H-pyrrole nitrogens is 1. The molecule has 0 bridgehead atoms. The minimum Gasteiger partial charge on any atom is -0.458 e. The fourth-order valence-corrected chi connectivity index (χ4v) is 9.47. The average molecular weight is 605 g/mol. The fraction of sp³-hybridized carbons (Fsp3) is 0.600. The number of benzene rings is 1. The second-order valence-electron chi connectivity index (χ2n) is 14.0. The molecule has 4 N–H and O–H groups in total. The van der Waals surface area contributed by atoms with E-state index in [2.05, 4.69) is 17.2 Å². The summed E-state index contributed by atoms with van der Waals surface area (Å²) in [5, 5.41) is 27.3. The van der Waals surface area contributed by atoms with Crippen LogP contribution in [0.4, 0.5) is 0 Å². The van der Waals surface area contributed by atoms with Crippen molar-refractivity contribution in [2.75, 3.05) is 13.2 Å². The maximum absolute atomic E-state index is 13.5. The molecule has 9 nitrogen and oxygen atoms in total. The van der Waals surface area contributed by atoms with E-state index < -0.39 is 35.5 Å². The number of allylic oxidation sites excluding steroid dienone is 1. The number of carbonyl (C=O) groups excluding carboxylic acids is 4. The van der Waals surface area contributed by atoms with Crippen molar-refractivity contribution in [3.05, 3.63) is 47.7 Å². The van der Waals surface area contributed by atoms with Crippen molar-refractivity contribution in [2.45, 2.75) is 89.8 Å². The number of esters is 1. The normalized spacial score (nSPS) is 34.5. The Morgan fingerprint density at radius 3 is 2.70 bits per heavy atom. The topological polar surface area (TPSA) is 146 Å². The number of nitrogens with one attached hydrogen (secondary N) is 2. The summed E-state index contributed by atoms with van der Waals surface area (Å²) >= 11 is 0. The smallest absolute Gasteiger partial charge is 0.306 e. The Morgan fingerprint density at radius 1 is 1.09 bits per heavy atom. The monoisotopic (exact) mass is 604 g/mol. The van der Waals surface area contributed by atoms with Crippen molar-refractivity contribution < 1.29 is 34.1 Å². The van der Waals surface area contributed by atoms with Gasteiger partial charge in [-0.05, 0) is 85.8 Å². The average Bonchev–Trinajstić information content (AvgIpc) is 3.53. The number of aromatic amines is 1. The molecular weight excluding hydrogens is 560 g/mol. The highest BCUT2D eigenvalue weighted by Gasteiger charge is 2.68. The summed E-state index contributed by atoms with van der Waals surface area (Å²) < 4.78 is 5.26. The SMILES string of the molecule is C[C@]12CCC(=O)C=C1CC[C@H]1[C@H]2[C@@H](O)C[C@@]2(C)[C@@H]1CC[C@]2(O)C(=O)COC(=O)CCC(=O)NCCc1c[nH]c2ccccc12. The molecule has 0 unspecified atom stereocenters. The van der Waals surface area contributed by atoms with Crippen molar-refractivity contribution >= 4 is 34.3 Å². The quantitative estimate of drug-likeness (QED) is 0.317. The Hall–Kier alpha value is -3.30. The fourth-order valence-electron chi connectivity index (χ4n) is 9.47. The van der Waals surface area contributed by atoms with Crippen LogP contribution < -0.4 is 5.32 Å². The van der Waals surface area contributed by atoms with E-state index in [1.54, 1.807) is 6.08 Å². The third-order valence-corrected chi connectivity index (χ3v) is 11.8. The van der Waals surface area contributed by atoms with Gasteiger partial charge in [0.1, 0.15) is 5.60 Å². The number of aromatic nitrogens is 1. The van der Waals surface area contributed by atoms with Crippen LogP contribution in [0.2, 0.25) is 0 Å². The number of ketones is 2. The first-order valence-corrected chi connectivity index (χ1v) is 16.1. The maximum atomic E-state index is 13.5. The molecule has 3 saturated carbocycles. The molecule has 4 aliphatic rings. The highest BCUT2D eigenvalue weighted by atomic mass is 16.5. The molecule has 236 valence electrons. The lowest BCUT2D eigenvalue weighted by Gasteiger charge is -2.60. The number of hydrogen-bond acceptors (Lipinski definition) is 7. The Bertz CT molecular complexity index is 1510. The molecule has 0 spiro atoms. The first-order chi connectivity index (χ1) is 21.0. The van der Waals surface area contributed by atoms with E-state index >= 15 is 0 Å². The Morgan fingerprint density at radius 2 is 1.89 bits per heavy atom. The first kappa shape index (κ1) is 30.7. The lowest BCUT2D eigenvalue weighted by atomic mass is 9.45. The van der Waals surface area contributed by atoms with Crippen LogP contribution in [0.1, 0.15) is 77.2 Å². The lowest BCUT2D eigenvalue weighted by Crippen LogP contribution is -2.62. The summed E-state index contributed by atoms with van der Waals surface area (Å²) in [7, 11) is 0. The molecule has 4 aliphatic carbocycles.